The maximum absolute atomic E-state index is 13.0. The van der Waals surface area contributed by atoms with Crippen LogP contribution >= 0.6 is 0 Å². The van der Waals surface area contributed by atoms with Crippen molar-refractivity contribution in [2.75, 3.05) is 0 Å². The summed E-state index contributed by atoms with van der Waals surface area (Å²) in [6.45, 7) is 0. The van der Waals surface area contributed by atoms with Gasteiger partial charge in [0.2, 0.25) is 5.89 Å². The third kappa shape index (κ3) is 3.74. The first-order valence-corrected chi connectivity index (χ1v) is 7.37. The molecule has 4 nitrogen and oxygen atoms in total. The number of alkyl halides is 3. The van der Waals surface area contributed by atoms with Crippen molar-refractivity contribution < 1.29 is 31.9 Å². The standard InChI is InChI=1S/C18H11F4NO3/c19-13-7-3-11(4-8-13)17-23-14(9-15(24)25)16(26-17)10-1-5-12(6-2-10)18(20,21)22/h1-8H,9H2,(H,24,25)/p-1. The molecule has 3 rings (SSSR count). The van der Waals surface area contributed by atoms with Gasteiger partial charge in [0.25, 0.3) is 0 Å². The minimum atomic E-state index is -4.49. The van der Waals surface area contributed by atoms with Gasteiger partial charge in [-0.2, -0.15) is 13.2 Å². The highest BCUT2D eigenvalue weighted by Gasteiger charge is 2.30. The normalized spacial score (nSPS) is 11.5. The summed E-state index contributed by atoms with van der Waals surface area (Å²) in [5.74, 6) is -1.85. The summed E-state index contributed by atoms with van der Waals surface area (Å²) < 4.78 is 56.6. The SMILES string of the molecule is O=C([O-])Cc1nc(-c2ccc(F)cc2)oc1-c1ccc(C(F)(F)F)cc1. The lowest BCUT2D eigenvalue weighted by Crippen LogP contribution is -2.24. The lowest BCUT2D eigenvalue weighted by Gasteiger charge is -2.07. The van der Waals surface area contributed by atoms with E-state index in [1.807, 2.05) is 0 Å². The number of hydrogen-bond acceptors (Lipinski definition) is 4. The van der Waals surface area contributed by atoms with Gasteiger partial charge in [-0.05, 0) is 36.4 Å². The average Bonchev–Trinajstić information content (AvgIpc) is 2.98. The Hall–Kier alpha value is -3.16. The molecule has 0 radical (unpaired) electrons. The molecule has 0 atom stereocenters. The molecule has 0 aliphatic rings. The summed E-state index contributed by atoms with van der Waals surface area (Å²) in [5.41, 5.74) is -0.218. The first kappa shape index (κ1) is 17.7. The third-order valence-corrected chi connectivity index (χ3v) is 3.57. The number of carboxylic acid groups (broad SMARTS) is 1. The minimum Gasteiger partial charge on any atom is -0.550 e. The number of carbonyl (C=O) groups is 1. The Balaban J connectivity index is 2.04. The van der Waals surface area contributed by atoms with E-state index in [0.717, 1.165) is 24.3 Å². The molecule has 134 valence electrons. The van der Waals surface area contributed by atoms with E-state index in [1.165, 1.54) is 24.3 Å². The molecule has 0 N–H and O–H groups in total. The third-order valence-electron chi connectivity index (χ3n) is 3.57. The fourth-order valence-corrected chi connectivity index (χ4v) is 2.36. The highest BCUT2D eigenvalue weighted by atomic mass is 19.4. The molecule has 0 spiro atoms. The van der Waals surface area contributed by atoms with Crippen molar-refractivity contribution in [1.29, 1.82) is 0 Å². The van der Waals surface area contributed by atoms with E-state index in [1.54, 1.807) is 0 Å². The molecule has 0 unspecified atom stereocenters. The number of oxazole rings is 1. The molecule has 0 saturated heterocycles. The Morgan fingerprint density at radius 2 is 1.58 bits per heavy atom. The van der Waals surface area contributed by atoms with Crippen molar-refractivity contribution in [2.45, 2.75) is 12.6 Å². The van der Waals surface area contributed by atoms with E-state index in [9.17, 15) is 27.5 Å². The number of carboxylic acids is 1. The van der Waals surface area contributed by atoms with Gasteiger partial charge < -0.3 is 14.3 Å². The van der Waals surface area contributed by atoms with Gasteiger partial charge in [-0.15, -0.1) is 0 Å². The van der Waals surface area contributed by atoms with Gasteiger partial charge in [0, 0.05) is 23.5 Å². The summed E-state index contributed by atoms with van der Waals surface area (Å²) in [7, 11) is 0. The van der Waals surface area contributed by atoms with Gasteiger partial charge in [0.05, 0.1) is 11.3 Å². The fourth-order valence-electron chi connectivity index (χ4n) is 2.36. The number of aromatic nitrogens is 1. The number of nitrogens with zero attached hydrogens (tertiary/aromatic N) is 1. The van der Waals surface area contributed by atoms with Gasteiger partial charge in [0.1, 0.15) is 5.82 Å². The van der Waals surface area contributed by atoms with Crippen molar-refractivity contribution in [2.24, 2.45) is 0 Å². The molecular formula is C18H10F4NO3-. The lowest BCUT2D eigenvalue weighted by atomic mass is 10.1. The summed E-state index contributed by atoms with van der Waals surface area (Å²) >= 11 is 0. The average molecular weight is 364 g/mol. The largest absolute Gasteiger partial charge is 0.550 e. The van der Waals surface area contributed by atoms with Crippen LogP contribution in [0.4, 0.5) is 17.6 Å². The topological polar surface area (TPSA) is 66.2 Å². The van der Waals surface area contributed by atoms with Crippen LogP contribution in [0.3, 0.4) is 0 Å². The first-order chi connectivity index (χ1) is 12.2. The molecule has 26 heavy (non-hydrogen) atoms. The predicted octanol–water partition coefficient (Wildman–Crippen LogP) is 3.46. The van der Waals surface area contributed by atoms with Crippen LogP contribution in [0.25, 0.3) is 22.8 Å². The number of halogens is 4. The zero-order valence-corrected chi connectivity index (χ0v) is 13.0. The number of benzene rings is 2. The molecule has 3 aromatic rings. The van der Waals surface area contributed by atoms with Crippen LogP contribution in [0.15, 0.2) is 52.9 Å². The van der Waals surface area contributed by atoms with Crippen LogP contribution in [0, 0.1) is 5.82 Å². The molecule has 0 saturated carbocycles. The number of aliphatic carboxylic acids is 1. The van der Waals surface area contributed by atoms with Crippen molar-refractivity contribution in [3.63, 3.8) is 0 Å². The smallest absolute Gasteiger partial charge is 0.416 e. The maximum Gasteiger partial charge on any atom is 0.416 e. The number of hydrogen-bond donors (Lipinski definition) is 0. The summed E-state index contributed by atoms with van der Waals surface area (Å²) in [5, 5.41) is 10.9. The van der Waals surface area contributed by atoms with E-state index in [2.05, 4.69) is 4.98 Å². The molecular weight excluding hydrogens is 354 g/mol. The van der Waals surface area contributed by atoms with Crippen molar-refractivity contribution in [3.8, 4) is 22.8 Å². The van der Waals surface area contributed by atoms with E-state index in [4.69, 9.17) is 4.42 Å². The molecule has 8 heteroatoms. The van der Waals surface area contributed by atoms with Crippen molar-refractivity contribution in [1.82, 2.24) is 4.98 Å². The molecule has 1 heterocycles. The van der Waals surface area contributed by atoms with Gasteiger partial charge in [-0.1, -0.05) is 12.1 Å². The summed E-state index contributed by atoms with van der Waals surface area (Å²) in [6, 6.07) is 9.18. The molecule has 0 fully saturated rings. The number of rotatable bonds is 4. The number of carbonyl (C=O) groups excluding carboxylic acids is 1. The fraction of sp³-hybridized carbons (Fsp3) is 0.111. The molecule has 0 aliphatic carbocycles. The van der Waals surface area contributed by atoms with Crippen LogP contribution in [-0.2, 0) is 17.4 Å². The highest BCUT2D eigenvalue weighted by Crippen LogP contribution is 2.34. The second-order valence-corrected chi connectivity index (χ2v) is 5.43. The summed E-state index contributed by atoms with van der Waals surface area (Å²) in [4.78, 5) is 15.0. The van der Waals surface area contributed by atoms with Gasteiger partial charge in [0.15, 0.2) is 5.76 Å². The highest BCUT2D eigenvalue weighted by molar-refractivity contribution is 5.73. The molecule has 0 aliphatic heterocycles. The zero-order valence-electron chi connectivity index (χ0n) is 13.0. The molecule has 2 aromatic carbocycles. The van der Waals surface area contributed by atoms with Crippen LogP contribution in [0.2, 0.25) is 0 Å². The van der Waals surface area contributed by atoms with E-state index in [0.29, 0.717) is 5.56 Å². The van der Waals surface area contributed by atoms with Crippen LogP contribution < -0.4 is 5.11 Å². The molecule has 0 amide bonds. The van der Waals surface area contributed by atoms with Gasteiger partial charge >= 0.3 is 6.18 Å². The Kier molecular flexibility index (Phi) is 4.50. The summed E-state index contributed by atoms with van der Waals surface area (Å²) in [6.07, 6.45) is -5.08. The Morgan fingerprint density at radius 3 is 2.12 bits per heavy atom. The van der Waals surface area contributed by atoms with Crippen LogP contribution in [0.1, 0.15) is 11.3 Å². The van der Waals surface area contributed by atoms with Gasteiger partial charge in [-0.3, -0.25) is 0 Å². The second kappa shape index (κ2) is 6.62. The quantitative estimate of drug-likeness (QED) is 0.665. The maximum atomic E-state index is 13.0. The first-order valence-electron chi connectivity index (χ1n) is 7.37. The Morgan fingerprint density at radius 1 is 1.00 bits per heavy atom. The van der Waals surface area contributed by atoms with Crippen molar-refractivity contribution >= 4 is 5.97 Å². The minimum absolute atomic E-state index is 0.00378. The van der Waals surface area contributed by atoms with E-state index in [-0.39, 0.29) is 22.9 Å². The lowest BCUT2D eigenvalue weighted by molar-refractivity contribution is -0.304. The van der Waals surface area contributed by atoms with Crippen LogP contribution in [0.5, 0.6) is 0 Å². The Labute approximate surface area is 144 Å². The van der Waals surface area contributed by atoms with Crippen LogP contribution in [-0.4, -0.2) is 11.0 Å². The van der Waals surface area contributed by atoms with E-state index < -0.39 is 29.9 Å². The second-order valence-electron chi connectivity index (χ2n) is 5.43. The Bertz CT molecular complexity index is 929. The monoisotopic (exact) mass is 364 g/mol. The van der Waals surface area contributed by atoms with E-state index >= 15 is 0 Å². The molecule has 0 bridgehead atoms. The van der Waals surface area contributed by atoms with Gasteiger partial charge in [-0.25, -0.2) is 9.37 Å². The zero-order chi connectivity index (χ0) is 18.9. The predicted molar refractivity (Wildman–Crippen MR) is 81.0 cm³/mol. The van der Waals surface area contributed by atoms with Crippen molar-refractivity contribution in [3.05, 3.63) is 65.6 Å². The molecule has 1 aromatic heterocycles.